The topological polar surface area (TPSA) is 59.6 Å². The van der Waals surface area contributed by atoms with E-state index in [1.54, 1.807) is 0 Å². The molecule has 4 rings (SSSR count). The lowest BCUT2D eigenvalue weighted by Gasteiger charge is -2.27. The largest absolute Gasteiger partial charge is 0.350 e. The van der Waals surface area contributed by atoms with E-state index in [1.807, 2.05) is 72.8 Å². The summed E-state index contributed by atoms with van der Waals surface area (Å²) >= 11 is 1.18. The van der Waals surface area contributed by atoms with Gasteiger partial charge in [0.15, 0.2) is 0 Å². The number of thioether (sulfide) groups is 1. The summed E-state index contributed by atoms with van der Waals surface area (Å²) in [6.07, 6.45) is 0. The molecule has 0 aliphatic rings. The predicted molar refractivity (Wildman–Crippen MR) is 162 cm³/mol. The molecule has 0 spiro atoms. The first-order valence-electron chi connectivity index (χ1n) is 10.9. The van der Waals surface area contributed by atoms with Crippen molar-refractivity contribution in [1.29, 1.82) is 10.5 Å². The first-order valence-corrected chi connectivity index (χ1v) is 16.6. The Morgan fingerprint density at radius 1 is 0.583 bits per heavy atom. The first-order chi connectivity index (χ1) is 17.8. The Morgan fingerprint density at radius 2 is 1.00 bits per heavy atom. The van der Waals surface area contributed by atoms with Crippen molar-refractivity contribution >= 4 is 70.6 Å². The van der Waals surface area contributed by atoms with E-state index < -0.39 is 16.0 Å². The fraction of sp³-hybridized carbons (Fsp3) is 0. The SMILES string of the molecule is N#CSS/C(NP(c1ccccc1)c1ccccc1)=C(\SC#N)P(c1ccccc1)c1ccccc1. The number of thiocyanates is 2. The molecule has 0 aliphatic heterocycles. The molecule has 0 unspecified atom stereocenters. The molecule has 8 heteroatoms. The van der Waals surface area contributed by atoms with Gasteiger partial charge in [0.1, 0.15) is 10.8 Å². The molecule has 0 heterocycles. The molecule has 4 aromatic rings. The second-order valence-electron chi connectivity index (χ2n) is 7.21. The summed E-state index contributed by atoms with van der Waals surface area (Å²) in [5.74, 6) is 0. The van der Waals surface area contributed by atoms with Crippen molar-refractivity contribution in [3.8, 4) is 10.8 Å². The van der Waals surface area contributed by atoms with Gasteiger partial charge >= 0.3 is 0 Å². The van der Waals surface area contributed by atoms with Crippen LogP contribution in [-0.2, 0) is 0 Å². The molecule has 0 aromatic heterocycles. The van der Waals surface area contributed by atoms with E-state index in [0.717, 1.165) is 31.1 Å². The summed E-state index contributed by atoms with van der Waals surface area (Å²) in [5.41, 5.74) is 0. The fourth-order valence-corrected chi connectivity index (χ4v) is 11.3. The Bertz CT molecular complexity index is 1280. The Labute approximate surface area is 227 Å². The Morgan fingerprint density at radius 3 is 1.39 bits per heavy atom. The molecule has 3 nitrogen and oxygen atoms in total. The van der Waals surface area contributed by atoms with Crippen molar-refractivity contribution in [1.82, 2.24) is 5.09 Å². The summed E-state index contributed by atoms with van der Waals surface area (Å²) < 4.78 is 0.942. The maximum absolute atomic E-state index is 9.91. The Balaban J connectivity index is 1.90. The van der Waals surface area contributed by atoms with E-state index in [4.69, 9.17) is 0 Å². The molecule has 176 valence electrons. The third kappa shape index (κ3) is 6.96. The number of nitrogens with one attached hydrogen (secondary N) is 1. The van der Waals surface area contributed by atoms with Gasteiger partial charge in [-0.05, 0) is 41.1 Å². The second-order valence-corrected chi connectivity index (χ2v) is 14.3. The number of nitrogens with zero attached hydrogens (tertiary/aromatic N) is 2. The van der Waals surface area contributed by atoms with Crippen LogP contribution in [0.2, 0.25) is 0 Å². The molecule has 0 atom stereocenters. The zero-order valence-electron chi connectivity index (χ0n) is 19.1. The molecule has 0 amide bonds. The minimum absolute atomic E-state index is 0.853. The van der Waals surface area contributed by atoms with Crippen molar-refractivity contribution in [3.63, 3.8) is 0 Å². The standard InChI is InChI=1S/C28H21N3P2S3/c29-21-34-28(32(23-13-5-1-6-14-23)24-15-7-2-8-16-24)27(36-35-22-30)31-33(25-17-9-3-10-18-25)26-19-11-4-12-20-26/h1-20,31H/b28-27-. The lowest BCUT2D eigenvalue weighted by molar-refractivity contribution is 1.36. The van der Waals surface area contributed by atoms with E-state index in [-0.39, 0.29) is 0 Å². The van der Waals surface area contributed by atoms with Crippen LogP contribution in [0, 0.1) is 21.3 Å². The Hall–Kier alpha value is -2.69. The number of hydrogen-bond acceptors (Lipinski definition) is 6. The van der Waals surface area contributed by atoms with Gasteiger partial charge in [0.05, 0.1) is 17.7 Å². The van der Waals surface area contributed by atoms with Crippen LogP contribution in [0.5, 0.6) is 0 Å². The minimum Gasteiger partial charge on any atom is -0.350 e. The van der Waals surface area contributed by atoms with Crippen LogP contribution < -0.4 is 26.3 Å². The van der Waals surface area contributed by atoms with Gasteiger partial charge in [-0.15, -0.1) is 0 Å². The third-order valence-electron chi connectivity index (χ3n) is 4.97. The average molecular weight is 558 g/mol. The molecule has 0 bridgehead atoms. The highest BCUT2D eigenvalue weighted by atomic mass is 33.1. The van der Waals surface area contributed by atoms with Crippen molar-refractivity contribution in [2.24, 2.45) is 0 Å². The molecule has 0 radical (unpaired) electrons. The van der Waals surface area contributed by atoms with E-state index in [2.05, 4.69) is 64.4 Å². The molecule has 4 aromatic carbocycles. The van der Waals surface area contributed by atoms with Gasteiger partial charge in [-0.1, -0.05) is 121 Å². The molecule has 0 fully saturated rings. The highest BCUT2D eigenvalue weighted by Gasteiger charge is 2.26. The number of rotatable bonds is 10. The third-order valence-corrected chi connectivity index (χ3v) is 12.7. The van der Waals surface area contributed by atoms with Crippen molar-refractivity contribution < 1.29 is 0 Å². The highest BCUT2D eigenvalue weighted by Crippen LogP contribution is 2.54. The smallest absolute Gasteiger partial charge is 0.145 e. The van der Waals surface area contributed by atoms with E-state index in [1.165, 1.54) is 33.2 Å². The summed E-state index contributed by atoms with van der Waals surface area (Å²) in [5, 5.41) is 33.2. The fourth-order valence-electron chi connectivity index (χ4n) is 3.47. The van der Waals surface area contributed by atoms with Crippen LogP contribution in [0.15, 0.2) is 131 Å². The lowest BCUT2D eigenvalue weighted by Crippen LogP contribution is -2.23. The van der Waals surface area contributed by atoms with Gasteiger partial charge in [0.2, 0.25) is 0 Å². The van der Waals surface area contributed by atoms with Crippen LogP contribution >= 0.6 is 49.3 Å². The molecule has 0 aliphatic carbocycles. The molecular weight excluding hydrogens is 536 g/mol. The average Bonchev–Trinajstić information content (AvgIpc) is 2.95. The zero-order chi connectivity index (χ0) is 25.0. The normalized spacial score (nSPS) is 11.4. The minimum atomic E-state index is -1.02. The number of hydrogen-bond donors (Lipinski definition) is 1. The molecular formula is C28H21N3P2S3. The molecule has 0 saturated heterocycles. The van der Waals surface area contributed by atoms with Crippen molar-refractivity contribution in [3.05, 3.63) is 131 Å². The molecule has 36 heavy (non-hydrogen) atoms. The van der Waals surface area contributed by atoms with Gasteiger partial charge in [0.25, 0.3) is 0 Å². The van der Waals surface area contributed by atoms with Crippen molar-refractivity contribution in [2.75, 3.05) is 0 Å². The van der Waals surface area contributed by atoms with E-state index in [9.17, 15) is 10.5 Å². The van der Waals surface area contributed by atoms with E-state index >= 15 is 0 Å². The van der Waals surface area contributed by atoms with Crippen LogP contribution in [0.4, 0.5) is 0 Å². The summed E-state index contributed by atoms with van der Waals surface area (Å²) in [4.78, 5) is 0. The van der Waals surface area contributed by atoms with Gasteiger partial charge in [-0.2, -0.15) is 10.5 Å². The zero-order valence-corrected chi connectivity index (χ0v) is 23.3. The van der Waals surface area contributed by atoms with Crippen LogP contribution in [0.1, 0.15) is 0 Å². The molecule has 1 N–H and O–H groups in total. The number of benzene rings is 4. The summed E-state index contributed by atoms with van der Waals surface area (Å²) in [6.45, 7) is 0. The first kappa shape index (κ1) is 26.4. The highest BCUT2D eigenvalue weighted by molar-refractivity contribution is 8.80. The van der Waals surface area contributed by atoms with Crippen LogP contribution in [0.25, 0.3) is 0 Å². The van der Waals surface area contributed by atoms with Gasteiger partial charge < -0.3 is 5.09 Å². The molecule has 0 saturated carbocycles. The quantitative estimate of drug-likeness (QED) is 0.129. The second kappa shape index (κ2) is 14.2. The van der Waals surface area contributed by atoms with Crippen LogP contribution in [0.3, 0.4) is 0 Å². The van der Waals surface area contributed by atoms with Gasteiger partial charge in [-0.3, -0.25) is 0 Å². The Kier molecular flexibility index (Phi) is 10.4. The maximum atomic E-state index is 9.91. The summed E-state index contributed by atoms with van der Waals surface area (Å²) in [6, 6.07) is 41.3. The number of nitriles is 2. The lowest BCUT2D eigenvalue weighted by atomic mass is 10.4. The van der Waals surface area contributed by atoms with Gasteiger partial charge in [-0.25, -0.2) is 0 Å². The monoisotopic (exact) mass is 557 g/mol. The predicted octanol–water partition coefficient (Wildman–Crippen LogP) is 6.96. The summed E-state index contributed by atoms with van der Waals surface area (Å²) in [7, 11) is 0.503. The van der Waals surface area contributed by atoms with Crippen LogP contribution in [-0.4, -0.2) is 0 Å². The van der Waals surface area contributed by atoms with Gasteiger partial charge in [0, 0.05) is 21.4 Å². The van der Waals surface area contributed by atoms with Crippen molar-refractivity contribution in [2.45, 2.75) is 0 Å². The van der Waals surface area contributed by atoms with E-state index in [0.29, 0.717) is 0 Å². The maximum Gasteiger partial charge on any atom is 0.145 e.